The Labute approximate surface area is 151 Å². The van der Waals surface area contributed by atoms with E-state index in [9.17, 15) is 9.59 Å². The molecule has 0 bridgehead atoms. The summed E-state index contributed by atoms with van der Waals surface area (Å²) in [6.07, 6.45) is 6.63. The van der Waals surface area contributed by atoms with Gasteiger partial charge in [-0.25, -0.2) is 0 Å². The highest BCUT2D eigenvalue weighted by Crippen LogP contribution is 2.13. The lowest BCUT2D eigenvalue weighted by Crippen LogP contribution is -2.08. The van der Waals surface area contributed by atoms with Gasteiger partial charge >= 0.3 is 0 Å². The minimum atomic E-state index is -0.109. The number of aryl methyl sites for hydroxylation is 2. The average molecular weight is 336 g/mol. The van der Waals surface area contributed by atoms with Crippen molar-refractivity contribution in [3.63, 3.8) is 0 Å². The van der Waals surface area contributed by atoms with E-state index in [0.717, 1.165) is 38.5 Å². The van der Waals surface area contributed by atoms with E-state index in [-0.39, 0.29) is 18.0 Å². The lowest BCUT2D eigenvalue weighted by atomic mass is 9.98. The van der Waals surface area contributed by atoms with Gasteiger partial charge in [-0.3, -0.25) is 9.59 Å². The number of unbranched alkanes of at least 4 members (excludes halogenated alkanes) is 2. The fraction of sp³-hybridized carbons (Fsp3) is 0.391. The Morgan fingerprint density at radius 3 is 1.32 bits per heavy atom. The summed E-state index contributed by atoms with van der Waals surface area (Å²) in [5, 5.41) is 0. The van der Waals surface area contributed by atoms with Crippen molar-refractivity contribution in [2.24, 2.45) is 0 Å². The average Bonchev–Trinajstić information content (AvgIpc) is 2.65. The van der Waals surface area contributed by atoms with E-state index in [0.29, 0.717) is 11.1 Å². The number of Topliss-reactive ketones (excluding diaryl/α,β-unsaturated/α-hetero) is 2. The summed E-state index contributed by atoms with van der Waals surface area (Å²) in [6.45, 7) is 4.33. The molecule has 0 atom stereocenters. The minimum Gasteiger partial charge on any atom is -0.294 e. The molecule has 2 aromatic carbocycles. The normalized spacial score (nSPS) is 10.6. The first-order valence-electron chi connectivity index (χ1n) is 9.38. The van der Waals surface area contributed by atoms with Crippen LogP contribution < -0.4 is 0 Å². The molecule has 2 rings (SSSR count). The Kier molecular flexibility index (Phi) is 7.59. The molecular formula is C23H28O2. The van der Waals surface area contributed by atoms with E-state index in [2.05, 4.69) is 13.8 Å². The summed E-state index contributed by atoms with van der Waals surface area (Å²) in [5.74, 6) is -0.218. The predicted octanol–water partition coefficient (Wildman–Crippen LogP) is 5.83. The van der Waals surface area contributed by atoms with Crippen LogP contribution in [0.2, 0.25) is 0 Å². The molecule has 132 valence electrons. The van der Waals surface area contributed by atoms with Crippen LogP contribution in [0.15, 0.2) is 48.5 Å². The van der Waals surface area contributed by atoms with E-state index >= 15 is 0 Å². The molecule has 0 aromatic heterocycles. The lowest BCUT2D eigenvalue weighted by Gasteiger charge is -2.05. The lowest BCUT2D eigenvalue weighted by molar-refractivity contribution is 0.0894. The zero-order chi connectivity index (χ0) is 18.1. The molecule has 0 aliphatic heterocycles. The third kappa shape index (κ3) is 5.97. The van der Waals surface area contributed by atoms with Crippen molar-refractivity contribution in [3.8, 4) is 0 Å². The molecule has 0 heterocycles. The van der Waals surface area contributed by atoms with Gasteiger partial charge in [-0.05, 0) is 36.8 Å². The smallest absolute Gasteiger partial charge is 0.170 e. The van der Waals surface area contributed by atoms with Crippen LogP contribution in [0.25, 0.3) is 0 Å². The van der Waals surface area contributed by atoms with Gasteiger partial charge in [0.1, 0.15) is 0 Å². The fourth-order valence-electron chi connectivity index (χ4n) is 2.83. The first kappa shape index (κ1) is 19.1. The van der Waals surface area contributed by atoms with Crippen LogP contribution in [0.5, 0.6) is 0 Å². The van der Waals surface area contributed by atoms with Gasteiger partial charge in [-0.2, -0.15) is 0 Å². The number of hydrogen-bond donors (Lipinski definition) is 0. The Balaban J connectivity index is 1.94. The van der Waals surface area contributed by atoms with Crippen LogP contribution in [0, 0.1) is 0 Å². The van der Waals surface area contributed by atoms with E-state index in [1.165, 1.54) is 11.1 Å². The van der Waals surface area contributed by atoms with E-state index in [1.807, 2.05) is 48.5 Å². The molecule has 0 fully saturated rings. The van der Waals surface area contributed by atoms with Gasteiger partial charge in [0.25, 0.3) is 0 Å². The van der Waals surface area contributed by atoms with Crippen LogP contribution in [0.4, 0.5) is 0 Å². The van der Waals surface area contributed by atoms with Crippen molar-refractivity contribution in [1.82, 2.24) is 0 Å². The standard InChI is InChI=1S/C23H28O2/c1-3-5-7-18-9-13-20(14-10-18)22(24)17-23(25)21-15-11-19(12-16-21)8-6-4-2/h9-16H,3-8,17H2,1-2H3. The summed E-state index contributed by atoms with van der Waals surface area (Å²) in [4.78, 5) is 24.7. The van der Waals surface area contributed by atoms with Gasteiger partial charge in [0, 0.05) is 11.1 Å². The molecule has 0 radical (unpaired) electrons. The van der Waals surface area contributed by atoms with Gasteiger partial charge in [0.2, 0.25) is 0 Å². The van der Waals surface area contributed by atoms with Crippen molar-refractivity contribution < 1.29 is 9.59 Å². The van der Waals surface area contributed by atoms with Crippen molar-refractivity contribution in [3.05, 3.63) is 70.8 Å². The second-order valence-electron chi connectivity index (χ2n) is 6.62. The third-order valence-electron chi connectivity index (χ3n) is 4.51. The molecule has 2 nitrogen and oxygen atoms in total. The minimum absolute atomic E-state index is 0.0669. The Hall–Kier alpha value is -2.22. The molecule has 0 aliphatic rings. The van der Waals surface area contributed by atoms with Gasteiger partial charge in [-0.1, -0.05) is 75.2 Å². The maximum atomic E-state index is 12.3. The molecule has 0 N–H and O–H groups in total. The number of carbonyl (C=O) groups excluding carboxylic acids is 2. The molecular weight excluding hydrogens is 308 g/mol. The Bertz CT molecular complexity index is 620. The van der Waals surface area contributed by atoms with Crippen molar-refractivity contribution in [2.75, 3.05) is 0 Å². The monoisotopic (exact) mass is 336 g/mol. The molecule has 0 spiro atoms. The third-order valence-corrected chi connectivity index (χ3v) is 4.51. The summed E-state index contributed by atoms with van der Waals surface area (Å²) in [6, 6.07) is 15.4. The molecule has 0 unspecified atom stereocenters. The van der Waals surface area contributed by atoms with Crippen molar-refractivity contribution >= 4 is 11.6 Å². The number of benzene rings is 2. The number of hydrogen-bond acceptors (Lipinski definition) is 2. The first-order chi connectivity index (χ1) is 12.1. The topological polar surface area (TPSA) is 34.1 Å². The first-order valence-corrected chi connectivity index (χ1v) is 9.38. The van der Waals surface area contributed by atoms with Crippen molar-refractivity contribution in [2.45, 2.75) is 58.8 Å². The Morgan fingerprint density at radius 1 is 0.640 bits per heavy atom. The van der Waals surface area contributed by atoms with E-state index in [1.54, 1.807) is 0 Å². The fourth-order valence-corrected chi connectivity index (χ4v) is 2.83. The number of rotatable bonds is 10. The summed E-state index contributed by atoms with van der Waals surface area (Å²) in [7, 11) is 0. The zero-order valence-corrected chi connectivity index (χ0v) is 15.4. The highest BCUT2D eigenvalue weighted by Gasteiger charge is 2.13. The second kappa shape index (κ2) is 9.93. The van der Waals surface area contributed by atoms with Crippen LogP contribution in [0.3, 0.4) is 0 Å². The largest absolute Gasteiger partial charge is 0.294 e. The predicted molar refractivity (Wildman–Crippen MR) is 103 cm³/mol. The molecule has 0 aliphatic carbocycles. The molecule has 0 saturated heterocycles. The highest BCUT2D eigenvalue weighted by molar-refractivity contribution is 6.13. The van der Waals surface area contributed by atoms with Gasteiger partial charge < -0.3 is 0 Å². The number of ketones is 2. The van der Waals surface area contributed by atoms with E-state index < -0.39 is 0 Å². The molecule has 0 amide bonds. The van der Waals surface area contributed by atoms with Crippen molar-refractivity contribution in [1.29, 1.82) is 0 Å². The second-order valence-corrected chi connectivity index (χ2v) is 6.62. The summed E-state index contributed by atoms with van der Waals surface area (Å²) >= 11 is 0. The zero-order valence-electron chi connectivity index (χ0n) is 15.4. The highest BCUT2D eigenvalue weighted by atomic mass is 16.1. The molecule has 0 saturated carbocycles. The maximum Gasteiger partial charge on any atom is 0.170 e. The van der Waals surface area contributed by atoms with Crippen LogP contribution in [-0.4, -0.2) is 11.6 Å². The SMILES string of the molecule is CCCCc1ccc(C(=O)CC(=O)c2ccc(CCCC)cc2)cc1. The molecule has 2 heteroatoms. The van der Waals surface area contributed by atoms with Gasteiger partial charge in [-0.15, -0.1) is 0 Å². The summed E-state index contributed by atoms with van der Waals surface area (Å²) < 4.78 is 0. The maximum absolute atomic E-state index is 12.3. The van der Waals surface area contributed by atoms with Gasteiger partial charge in [0.05, 0.1) is 6.42 Å². The molecule has 2 aromatic rings. The summed E-state index contributed by atoms with van der Waals surface area (Å²) in [5.41, 5.74) is 3.72. The van der Waals surface area contributed by atoms with Crippen LogP contribution in [0.1, 0.15) is 77.8 Å². The number of carbonyl (C=O) groups is 2. The van der Waals surface area contributed by atoms with Crippen LogP contribution in [-0.2, 0) is 12.8 Å². The quantitative estimate of drug-likeness (QED) is 0.404. The van der Waals surface area contributed by atoms with Crippen LogP contribution >= 0.6 is 0 Å². The van der Waals surface area contributed by atoms with Gasteiger partial charge in [0.15, 0.2) is 11.6 Å². The van der Waals surface area contributed by atoms with E-state index in [4.69, 9.17) is 0 Å². The Morgan fingerprint density at radius 2 is 1.00 bits per heavy atom. The molecule has 25 heavy (non-hydrogen) atoms.